The van der Waals surface area contributed by atoms with Crippen molar-refractivity contribution in [3.05, 3.63) is 57.0 Å². The quantitative estimate of drug-likeness (QED) is 0.909. The molecule has 3 heterocycles. The van der Waals surface area contributed by atoms with Crippen molar-refractivity contribution in [1.82, 2.24) is 20.3 Å². The third-order valence-corrected chi connectivity index (χ3v) is 5.35. The summed E-state index contributed by atoms with van der Waals surface area (Å²) in [6.45, 7) is 5.91. The first-order valence-electron chi connectivity index (χ1n) is 8.89. The molecule has 5 heteroatoms. The van der Waals surface area contributed by atoms with Crippen molar-refractivity contribution in [2.45, 2.75) is 57.4 Å². The van der Waals surface area contributed by atoms with Gasteiger partial charge in [0, 0.05) is 18.9 Å². The highest BCUT2D eigenvalue weighted by Crippen LogP contribution is 2.52. The van der Waals surface area contributed by atoms with Crippen LogP contribution in [0.1, 0.15) is 67.2 Å². The van der Waals surface area contributed by atoms with E-state index in [9.17, 15) is 4.79 Å². The Morgan fingerprint density at radius 1 is 1.25 bits per heavy atom. The summed E-state index contributed by atoms with van der Waals surface area (Å²) in [6.07, 6.45) is 7.82. The van der Waals surface area contributed by atoms with Crippen molar-refractivity contribution in [3.8, 4) is 0 Å². The SMILES string of the molecule is CC(C)c1cncc(C2(c3nc4c(c(=O)[nH]3)CNCCC4)CC2)c1. The number of nitrogens with one attached hydrogen (secondary N) is 2. The molecule has 5 nitrogen and oxygen atoms in total. The molecule has 1 saturated carbocycles. The van der Waals surface area contributed by atoms with Gasteiger partial charge in [-0.3, -0.25) is 9.78 Å². The fraction of sp³-hybridized carbons (Fsp3) is 0.526. The van der Waals surface area contributed by atoms with Gasteiger partial charge in [0.2, 0.25) is 0 Å². The maximum atomic E-state index is 12.6. The zero-order valence-corrected chi connectivity index (χ0v) is 14.4. The van der Waals surface area contributed by atoms with Crippen LogP contribution in [0.25, 0.3) is 0 Å². The van der Waals surface area contributed by atoms with E-state index in [-0.39, 0.29) is 11.0 Å². The van der Waals surface area contributed by atoms with Crippen LogP contribution in [0.4, 0.5) is 0 Å². The lowest BCUT2D eigenvalue weighted by molar-refractivity contribution is 0.678. The average Bonchev–Trinajstić information content (AvgIpc) is 3.39. The fourth-order valence-electron chi connectivity index (χ4n) is 3.58. The first-order valence-corrected chi connectivity index (χ1v) is 8.89. The van der Waals surface area contributed by atoms with Gasteiger partial charge in [-0.05, 0) is 49.3 Å². The van der Waals surface area contributed by atoms with Crippen molar-refractivity contribution < 1.29 is 0 Å². The minimum absolute atomic E-state index is 0.0173. The van der Waals surface area contributed by atoms with Gasteiger partial charge in [0.1, 0.15) is 5.82 Å². The number of nitrogens with zero attached hydrogens (tertiary/aromatic N) is 2. The van der Waals surface area contributed by atoms with Crippen LogP contribution >= 0.6 is 0 Å². The average molecular weight is 324 g/mol. The summed E-state index contributed by atoms with van der Waals surface area (Å²) in [5, 5.41) is 3.30. The first-order chi connectivity index (χ1) is 11.6. The van der Waals surface area contributed by atoms with Crippen LogP contribution in [-0.4, -0.2) is 21.5 Å². The molecule has 0 aromatic carbocycles. The van der Waals surface area contributed by atoms with Crippen molar-refractivity contribution in [2.75, 3.05) is 6.54 Å². The van der Waals surface area contributed by atoms with Gasteiger partial charge in [-0.2, -0.15) is 0 Å². The van der Waals surface area contributed by atoms with E-state index in [0.717, 1.165) is 49.3 Å². The van der Waals surface area contributed by atoms with Gasteiger partial charge in [0.05, 0.1) is 16.7 Å². The number of aromatic amines is 1. The van der Waals surface area contributed by atoms with Gasteiger partial charge in [-0.25, -0.2) is 4.98 Å². The molecule has 0 amide bonds. The number of rotatable bonds is 3. The zero-order chi connectivity index (χ0) is 16.7. The van der Waals surface area contributed by atoms with E-state index in [1.54, 1.807) is 0 Å². The first kappa shape index (κ1) is 15.5. The number of aromatic nitrogens is 3. The van der Waals surface area contributed by atoms with Gasteiger partial charge >= 0.3 is 0 Å². The largest absolute Gasteiger partial charge is 0.312 e. The Morgan fingerprint density at radius 3 is 2.83 bits per heavy atom. The van der Waals surface area contributed by atoms with Gasteiger partial charge in [0.25, 0.3) is 5.56 Å². The van der Waals surface area contributed by atoms with Gasteiger partial charge < -0.3 is 10.3 Å². The van der Waals surface area contributed by atoms with E-state index in [2.05, 4.69) is 35.2 Å². The maximum Gasteiger partial charge on any atom is 0.255 e. The molecule has 1 fully saturated rings. The van der Waals surface area contributed by atoms with Crippen LogP contribution in [0.2, 0.25) is 0 Å². The van der Waals surface area contributed by atoms with Crippen LogP contribution in [0.15, 0.2) is 23.3 Å². The molecule has 2 N–H and O–H groups in total. The molecule has 2 aromatic heterocycles. The minimum atomic E-state index is -0.147. The molecule has 2 aliphatic rings. The molecule has 4 rings (SSSR count). The second kappa shape index (κ2) is 5.81. The van der Waals surface area contributed by atoms with Crippen molar-refractivity contribution in [1.29, 1.82) is 0 Å². The van der Waals surface area contributed by atoms with E-state index >= 15 is 0 Å². The molecule has 0 saturated heterocycles. The molecule has 1 aliphatic heterocycles. The molecule has 126 valence electrons. The molecular weight excluding hydrogens is 300 g/mol. The summed E-state index contributed by atoms with van der Waals surface area (Å²) in [6, 6.07) is 2.23. The Balaban J connectivity index is 1.78. The third-order valence-electron chi connectivity index (χ3n) is 5.35. The summed E-state index contributed by atoms with van der Waals surface area (Å²) in [4.78, 5) is 25.0. The zero-order valence-electron chi connectivity index (χ0n) is 14.4. The highest BCUT2D eigenvalue weighted by molar-refractivity contribution is 5.40. The monoisotopic (exact) mass is 324 g/mol. The number of H-pyrrole nitrogens is 1. The van der Waals surface area contributed by atoms with Crippen LogP contribution < -0.4 is 10.9 Å². The van der Waals surface area contributed by atoms with Gasteiger partial charge in [0.15, 0.2) is 0 Å². The van der Waals surface area contributed by atoms with Gasteiger partial charge in [-0.15, -0.1) is 0 Å². The molecule has 0 atom stereocenters. The Hall–Kier alpha value is -2.01. The topological polar surface area (TPSA) is 70.7 Å². The van der Waals surface area contributed by atoms with Crippen molar-refractivity contribution >= 4 is 0 Å². The highest BCUT2D eigenvalue weighted by atomic mass is 16.1. The number of hydrogen-bond donors (Lipinski definition) is 2. The fourth-order valence-corrected chi connectivity index (χ4v) is 3.58. The molecule has 0 radical (unpaired) electrons. The lowest BCUT2D eigenvalue weighted by atomic mass is 9.93. The predicted molar refractivity (Wildman–Crippen MR) is 93.2 cm³/mol. The second-order valence-corrected chi connectivity index (χ2v) is 7.36. The van der Waals surface area contributed by atoms with Crippen LogP contribution in [0.3, 0.4) is 0 Å². The van der Waals surface area contributed by atoms with E-state index in [1.165, 1.54) is 11.1 Å². The Morgan fingerprint density at radius 2 is 2.08 bits per heavy atom. The molecule has 2 aromatic rings. The summed E-state index contributed by atoms with van der Waals surface area (Å²) in [7, 11) is 0. The molecule has 1 aliphatic carbocycles. The smallest absolute Gasteiger partial charge is 0.255 e. The predicted octanol–water partition coefficient (Wildman–Crippen LogP) is 2.40. The number of hydrogen-bond acceptors (Lipinski definition) is 4. The number of fused-ring (bicyclic) bond motifs is 1. The van der Waals surface area contributed by atoms with Crippen LogP contribution in [0.5, 0.6) is 0 Å². The van der Waals surface area contributed by atoms with E-state index in [4.69, 9.17) is 4.98 Å². The maximum absolute atomic E-state index is 12.6. The Kier molecular flexibility index (Phi) is 3.76. The molecular formula is C19H24N4O. The molecule has 24 heavy (non-hydrogen) atoms. The van der Waals surface area contributed by atoms with Crippen LogP contribution in [-0.2, 0) is 18.4 Å². The molecule has 0 bridgehead atoms. The van der Waals surface area contributed by atoms with Crippen LogP contribution in [0, 0.1) is 0 Å². The highest BCUT2D eigenvalue weighted by Gasteiger charge is 2.49. The Labute approximate surface area is 141 Å². The van der Waals surface area contributed by atoms with Crippen molar-refractivity contribution in [3.63, 3.8) is 0 Å². The lowest BCUT2D eigenvalue weighted by Gasteiger charge is -2.18. The second-order valence-electron chi connectivity index (χ2n) is 7.36. The standard InChI is InChI=1S/C19H24N4O/c1-12(2)13-8-14(10-21-9-13)19(5-6-19)18-22-16-4-3-7-20-11-15(16)17(24)23-18/h8-10,12,20H,3-7,11H2,1-2H3,(H,22,23,24). The summed E-state index contributed by atoms with van der Waals surface area (Å²) < 4.78 is 0. The van der Waals surface area contributed by atoms with E-state index in [1.807, 2.05) is 12.4 Å². The van der Waals surface area contributed by atoms with E-state index in [0.29, 0.717) is 12.5 Å². The molecule has 0 spiro atoms. The van der Waals surface area contributed by atoms with Gasteiger partial charge in [-0.1, -0.05) is 19.9 Å². The normalized spacial score (nSPS) is 19.0. The van der Waals surface area contributed by atoms with E-state index < -0.39 is 0 Å². The summed E-state index contributed by atoms with van der Waals surface area (Å²) in [5.74, 6) is 1.27. The molecule has 0 unspecified atom stereocenters. The summed E-state index contributed by atoms with van der Waals surface area (Å²) >= 11 is 0. The Bertz CT molecular complexity index is 820. The lowest BCUT2D eigenvalue weighted by Crippen LogP contribution is -2.26. The number of aryl methyl sites for hydroxylation is 1. The third kappa shape index (κ3) is 2.57. The minimum Gasteiger partial charge on any atom is -0.312 e. The van der Waals surface area contributed by atoms with Crippen molar-refractivity contribution in [2.24, 2.45) is 0 Å². The number of pyridine rings is 1. The summed E-state index contributed by atoms with van der Waals surface area (Å²) in [5.41, 5.74) is 4.07.